The molecule has 80 valence electrons. The summed E-state index contributed by atoms with van der Waals surface area (Å²) in [5, 5.41) is 0. The van der Waals surface area contributed by atoms with E-state index in [2.05, 4.69) is 20.9 Å². The first-order valence-corrected chi connectivity index (χ1v) is 5.43. The molecule has 2 rings (SSSR count). The summed E-state index contributed by atoms with van der Waals surface area (Å²) in [6, 6.07) is 5.62. The highest BCUT2D eigenvalue weighted by atomic mass is 79.9. The van der Waals surface area contributed by atoms with Crippen LogP contribution in [0.2, 0.25) is 0 Å². The van der Waals surface area contributed by atoms with E-state index < -0.39 is 5.76 Å². The number of benzene rings is 1. The van der Waals surface area contributed by atoms with Gasteiger partial charge in [0.25, 0.3) is 0 Å². The van der Waals surface area contributed by atoms with Crippen LogP contribution in [0.1, 0.15) is 10.5 Å². The quantitative estimate of drug-likeness (QED) is 0.672. The number of nitrogens with zero attached hydrogens (tertiary/aromatic N) is 1. The summed E-state index contributed by atoms with van der Waals surface area (Å²) in [6.07, 6.45) is 0. The third kappa shape index (κ3) is 1.98. The second-order valence-corrected chi connectivity index (χ2v) is 4.44. The number of hydrogen-bond acceptors (Lipinski definition) is 3. The van der Waals surface area contributed by atoms with Crippen molar-refractivity contribution in [3.8, 4) is 0 Å². The summed E-state index contributed by atoms with van der Waals surface area (Å²) >= 11 is 3.55. The van der Waals surface area contributed by atoms with Gasteiger partial charge in [0.05, 0.1) is 10.5 Å². The monoisotopic (exact) mass is 270 g/mol. The fraction of sp³-hybridized carbons (Fsp3) is 0.300. The molecule has 1 atom stereocenters. The first-order valence-electron chi connectivity index (χ1n) is 4.51. The molecule has 0 amide bonds. The second kappa shape index (κ2) is 3.83. The van der Waals surface area contributed by atoms with Crippen LogP contribution in [0, 0.1) is 0 Å². The van der Waals surface area contributed by atoms with Crippen molar-refractivity contribution in [1.82, 2.24) is 9.88 Å². The average Bonchev–Trinajstić information content (AvgIpc) is 2.55. The molecule has 0 aliphatic carbocycles. The van der Waals surface area contributed by atoms with Gasteiger partial charge in [-0.25, -0.2) is 4.79 Å². The number of alkyl halides is 1. The normalized spacial score (nSPS) is 13.6. The lowest BCUT2D eigenvalue weighted by Crippen LogP contribution is -2.14. The Morgan fingerprint density at radius 2 is 2.20 bits per heavy atom. The van der Waals surface area contributed by atoms with Crippen molar-refractivity contribution in [3.63, 3.8) is 0 Å². The van der Waals surface area contributed by atoms with Gasteiger partial charge in [-0.1, -0.05) is 22.0 Å². The molecule has 0 aliphatic rings. The molecule has 1 aromatic carbocycles. The first-order chi connectivity index (χ1) is 7.08. The highest BCUT2D eigenvalue weighted by Gasteiger charge is 2.11. The van der Waals surface area contributed by atoms with Crippen LogP contribution < -0.4 is 5.76 Å². The molecule has 0 fully saturated rings. The predicted molar refractivity (Wildman–Crippen MR) is 62.2 cm³/mol. The van der Waals surface area contributed by atoms with Crippen LogP contribution in [0.25, 0.3) is 11.1 Å². The highest BCUT2D eigenvalue weighted by molar-refractivity contribution is 9.09. The van der Waals surface area contributed by atoms with E-state index >= 15 is 0 Å². The number of nitrogens with one attached hydrogen (secondary N) is 1. The standard InChI is InChI=1S/C10H11BrN2O2/c1-13(2)9(11)6-3-4-8-7(5-6)12-10(14)15-8/h3-5,9H,1-2H3,(H,12,14). The van der Waals surface area contributed by atoms with Gasteiger partial charge in [0, 0.05) is 0 Å². The van der Waals surface area contributed by atoms with Crippen molar-refractivity contribution in [2.75, 3.05) is 14.1 Å². The van der Waals surface area contributed by atoms with Crippen LogP contribution in [0.4, 0.5) is 0 Å². The largest absolute Gasteiger partial charge is 0.417 e. The minimum absolute atomic E-state index is 0.125. The van der Waals surface area contributed by atoms with Crippen LogP contribution in [0.5, 0.6) is 0 Å². The van der Waals surface area contributed by atoms with Crippen LogP contribution in [-0.4, -0.2) is 24.0 Å². The third-order valence-corrected chi connectivity index (χ3v) is 3.52. The molecule has 5 heteroatoms. The molecule has 2 aromatic rings. The minimum atomic E-state index is -0.418. The van der Waals surface area contributed by atoms with E-state index in [1.54, 1.807) is 6.07 Å². The van der Waals surface area contributed by atoms with Gasteiger partial charge in [-0.3, -0.25) is 9.88 Å². The molecule has 0 spiro atoms. The summed E-state index contributed by atoms with van der Waals surface area (Å²) in [5.41, 5.74) is 2.38. The fourth-order valence-corrected chi connectivity index (χ4v) is 1.70. The lowest BCUT2D eigenvalue weighted by molar-refractivity contribution is 0.398. The Kier molecular flexibility index (Phi) is 2.67. The van der Waals surface area contributed by atoms with E-state index in [0.717, 1.165) is 11.1 Å². The number of oxazole rings is 1. The number of fused-ring (bicyclic) bond motifs is 1. The summed E-state index contributed by atoms with van der Waals surface area (Å²) in [7, 11) is 3.95. The number of hydrogen-bond donors (Lipinski definition) is 1. The van der Waals surface area contributed by atoms with Crippen LogP contribution in [0.3, 0.4) is 0 Å². The molecule has 1 aromatic heterocycles. The van der Waals surface area contributed by atoms with Gasteiger partial charge in [0.2, 0.25) is 0 Å². The summed E-state index contributed by atoms with van der Waals surface area (Å²) in [4.78, 5) is 15.7. The Balaban J connectivity index is 2.50. The van der Waals surface area contributed by atoms with Crippen molar-refractivity contribution in [1.29, 1.82) is 0 Å². The smallest absolute Gasteiger partial charge is 0.408 e. The van der Waals surface area contributed by atoms with Crippen molar-refractivity contribution in [3.05, 3.63) is 34.3 Å². The Bertz CT molecular complexity index is 529. The zero-order chi connectivity index (χ0) is 11.0. The van der Waals surface area contributed by atoms with E-state index in [-0.39, 0.29) is 4.95 Å². The zero-order valence-electron chi connectivity index (χ0n) is 8.45. The molecule has 1 heterocycles. The van der Waals surface area contributed by atoms with Crippen LogP contribution in [-0.2, 0) is 0 Å². The SMILES string of the molecule is CN(C)C(Br)c1ccc2oc(=O)[nH]c2c1. The van der Waals surface area contributed by atoms with Crippen molar-refractivity contribution in [2.45, 2.75) is 4.95 Å². The maximum Gasteiger partial charge on any atom is 0.417 e. The Hall–Kier alpha value is -1.07. The number of H-pyrrole nitrogens is 1. The average molecular weight is 271 g/mol. The van der Waals surface area contributed by atoms with Gasteiger partial charge in [-0.15, -0.1) is 0 Å². The lowest BCUT2D eigenvalue weighted by Gasteiger charge is -2.17. The van der Waals surface area contributed by atoms with Crippen molar-refractivity contribution >= 4 is 27.0 Å². The minimum Gasteiger partial charge on any atom is -0.408 e. The molecule has 0 aliphatic heterocycles. The molecule has 0 saturated carbocycles. The van der Waals surface area contributed by atoms with E-state index in [1.807, 2.05) is 31.1 Å². The third-order valence-electron chi connectivity index (χ3n) is 2.17. The van der Waals surface area contributed by atoms with E-state index in [4.69, 9.17) is 4.42 Å². The molecule has 1 unspecified atom stereocenters. The van der Waals surface area contributed by atoms with E-state index in [9.17, 15) is 4.79 Å². The molecular weight excluding hydrogens is 260 g/mol. The first kappa shape index (κ1) is 10.4. The van der Waals surface area contributed by atoms with Gasteiger partial charge in [-0.05, 0) is 31.8 Å². The van der Waals surface area contributed by atoms with Gasteiger partial charge in [0.1, 0.15) is 0 Å². The maximum absolute atomic E-state index is 11.0. The van der Waals surface area contributed by atoms with Gasteiger partial charge >= 0.3 is 5.76 Å². The zero-order valence-corrected chi connectivity index (χ0v) is 10.0. The lowest BCUT2D eigenvalue weighted by atomic mass is 10.2. The summed E-state index contributed by atoms with van der Waals surface area (Å²) in [6.45, 7) is 0. The van der Waals surface area contributed by atoms with Gasteiger partial charge < -0.3 is 4.42 Å². The molecular formula is C10H11BrN2O2. The number of halogens is 1. The van der Waals surface area contributed by atoms with Gasteiger partial charge in [0.15, 0.2) is 5.58 Å². The number of aromatic nitrogens is 1. The molecule has 0 saturated heterocycles. The molecule has 1 N–H and O–H groups in total. The molecule has 0 bridgehead atoms. The molecule has 4 nitrogen and oxygen atoms in total. The summed E-state index contributed by atoms with van der Waals surface area (Å²) in [5.74, 6) is -0.418. The van der Waals surface area contributed by atoms with E-state index in [0.29, 0.717) is 5.58 Å². The molecule has 15 heavy (non-hydrogen) atoms. The highest BCUT2D eigenvalue weighted by Crippen LogP contribution is 2.26. The number of aromatic amines is 1. The van der Waals surface area contributed by atoms with E-state index in [1.165, 1.54) is 0 Å². The Morgan fingerprint density at radius 3 is 2.87 bits per heavy atom. The second-order valence-electron chi connectivity index (χ2n) is 3.57. The van der Waals surface area contributed by atoms with Crippen LogP contribution >= 0.6 is 15.9 Å². The molecule has 0 radical (unpaired) electrons. The number of rotatable bonds is 2. The Labute approximate surface area is 95.0 Å². The van der Waals surface area contributed by atoms with Crippen molar-refractivity contribution in [2.24, 2.45) is 0 Å². The van der Waals surface area contributed by atoms with Crippen molar-refractivity contribution < 1.29 is 4.42 Å². The summed E-state index contributed by atoms with van der Waals surface area (Å²) < 4.78 is 4.92. The maximum atomic E-state index is 11.0. The predicted octanol–water partition coefficient (Wildman–Crippen LogP) is 2.08. The van der Waals surface area contributed by atoms with Gasteiger partial charge in [-0.2, -0.15) is 0 Å². The Morgan fingerprint density at radius 1 is 1.47 bits per heavy atom. The fourth-order valence-electron chi connectivity index (χ4n) is 1.42. The van der Waals surface area contributed by atoms with Crippen LogP contribution in [0.15, 0.2) is 27.4 Å². The topological polar surface area (TPSA) is 49.2 Å².